The molecule has 1 N–H and O–H groups in total. The normalized spacial score (nSPS) is 11.8. The Morgan fingerprint density at radius 2 is 2.06 bits per heavy atom. The Kier molecular flexibility index (Phi) is 5.36. The molecule has 1 aromatic carbocycles. The third-order valence-electron chi connectivity index (χ3n) is 1.98. The molecule has 3 nitrogen and oxygen atoms in total. The second-order valence-electron chi connectivity index (χ2n) is 3.29. The summed E-state index contributed by atoms with van der Waals surface area (Å²) in [6, 6.07) is 9.80. The van der Waals surface area contributed by atoms with E-state index < -0.39 is 0 Å². The molecule has 0 fully saturated rings. The highest BCUT2D eigenvalue weighted by Gasteiger charge is 1.90. The first-order chi connectivity index (χ1) is 7.72. The molecule has 84 valence electrons. The van der Waals surface area contributed by atoms with Crippen LogP contribution in [-0.2, 0) is 0 Å². The van der Waals surface area contributed by atoms with E-state index in [4.69, 9.17) is 12.2 Å². The third kappa shape index (κ3) is 4.79. The van der Waals surface area contributed by atoms with Crippen LogP contribution in [-0.4, -0.2) is 17.0 Å². The lowest BCUT2D eigenvalue weighted by molar-refractivity contribution is 1.01. The Hall–Kier alpha value is -1.55. The van der Waals surface area contributed by atoms with Crippen LogP contribution in [0.3, 0.4) is 0 Å². The first-order valence-corrected chi connectivity index (χ1v) is 5.55. The van der Waals surface area contributed by atoms with Gasteiger partial charge in [-0.1, -0.05) is 37.3 Å². The van der Waals surface area contributed by atoms with Gasteiger partial charge >= 0.3 is 0 Å². The summed E-state index contributed by atoms with van der Waals surface area (Å²) in [6.07, 6.45) is 2.62. The lowest BCUT2D eigenvalue weighted by Gasteiger charge is -1.98. The molecule has 0 atom stereocenters. The van der Waals surface area contributed by atoms with Gasteiger partial charge in [0.15, 0.2) is 0 Å². The number of benzene rings is 1. The quantitative estimate of drug-likeness (QED) is 0.495. The molecule has 0 heterocycles. The van der Waals surface area contributed by atoms with Crippen LogP contribution in [0.4, 0.5) is 0 Å². The molecule has 0 bridgehead atoms. The van der Waals surface area contributed by atoms with Crippen molar-refractivity contribution >= 4 is 29.3 Å². The predicted octanol–water partition coefficient (Wildman–Crippen LogP) is 2.77. The maximum absolute atomic E-state index is 5.00. The molecule has 1 rings (SSSR count). The number of nitrogens with one attached hydrogen (secondary N) is 1. The number of hydrogen-bond donors (Lipinski definition) is 1. The molecule has 0 aliphatic heterocycles. The Morgan fingerprint density at radius 3 is 2.69 bits per heavy atom. The molecule has 0 unspecified atom stereocenters. The second kappa shape index (κ2) is 6.85. The van der Waals surface area contributed by atoms with Crippen molar-refractivity contribution in [3.63, 3.8) is 0 Å². The summed E-state index contributed by atoms with van der Waals surface area (Å²) in [7, 11) is 0. The highest BCUT2D eigenvalue weighted by atomic mass is 32.1. The number of hydrogen-bond acceptors (Lipinski definition) is 2. The lowest BCUT2D eigenvalue weighted by Crippen LogP contribution is -2.14. The van der Waals surface area contributed by atoms with E-state index in [1.54, 1.807) is 6.21 Å². The van der Waals surface area contributed by atoms with E-state index in [-0.39, 0.29) is 0 Å². The average Bonchev–Trinajstić information content (AvgIpc) is 2.34. The van der Waals surface area contributed by atoms with Gasteiger partial charge in [-0.2, -0.15) is 5.10 Å². The number of nitrogens with zero attached hydrogens (tertiary/aromatic N) is 2. The van der Waals surface area contributed by atoms with Crippen LogP contribution in [0.1, 0.15) is 25.8 Å². The highest BCUT2D eigenvalue weighted by molar-refractivity contribution is 7.80. The Labute approximate surface area is 101 Å². The van der Waals surface area contributed by atoms with Crippen LogP contribution in [0.5, 0.6) is 0 Å². The van der Waals surface area contributed by atoms with Crippen molar-refractivity contribution in [3.8, 4) is 0 Å². The maximum Gasteiger partial charge on any atom is 0.213 e. The molecule has 0 spiro atoms. The van der Waals surface area contributed by atoms with Crippen molar-refractivity contribution < 1.29 is 0 Å². The first kappa shape index (κ1) is 12.5. The summed E-state index contributed by atoms with van der Waals surface area (Å²) in [5.74, 6) is 0. The molecule has 4 heteroatoms. The predicted molar refractivity (Wildman–Crippen MR) is 73.2 cm³/mol. The fraction of sp³-hybridized carbons (Fsp3) is 0.250. The van der Waals surface area contributed by atoms with E-state index in [0.29, 0.717) is 5.11 Å². The molecule has 0 aliphatic carbocycles. The van der Waals surface area contributed by atoms with Crippen LogP contribution in [0.15, 0.2) is 40.4 Å². The summed E-state index contributed by atoms with van der Waals surface area (Å²) >= 11 is 5.00. The lowest BCUT2D eigenvalue weighted by atomic mass is 10.2. The third-order valence-corrected chi connectivity index (χ3v) is 2.18. The van der Waals surface area contributed by atoms with Crippen molar-refractivity contribution in [1.82, 2.24) is 5.43 Å². The van der Waals surface area contributed by atoms with Gasteiger partial charge in [-0.15, -0.1) is 0 Å². The SMILES string of the molecule is CC/C(C)=N\NC(=S)/N=C/c1ccccc1. The molecule has 0 aliphatic rings. The zero-order chi connectivity index (χ0) is 11.8. The standard InChI is InChI=1S/C12H15N3S/c1-3-10(2)14-15-12(16)13-9-11-7-5-4-6-8-11/h4-9H,3H2,1-2H3,(H,15,16)/b13-9+,14-10-. The van der Waals surface area contributed by atoms with E-state index in [0.717, 1.165) is 17.7 Å². The first-order valence-electron chi connectivity index (χ1n) is 5.14. The highest BCUT2D eigenvalue weighted by Crippen LogP contribution is 1.94. The van der Waals surface area contributed by atoms with E-state index in [1.165, 1.54) is 0 Å². The van der Waals surface area contributed by atoms with Gasteiger partial charge in [0.2, 0.25) is 5.11 Å². The molecular formula is C12H15N3S. The van der Waals surface area contributed by atoms with Crippen molar-refractivity contribution in [2.45, 2.75) is 20.3 Å². The number of thiocarbonyl (C=S) groups is 1. The molecule has 0 aromatic heterocycles. The van der Waals surface area contributed by atoms with E-state index in [1.807, 2.05) is 44.2 Å². The summed E-state index contributed by atoms with van der Waals surface area (Å²) in [5.41, 5.74) is 4.74. The fourth-order valence-corrected chi connectivity index (χ4v) is 1.02. The molecule has 0 amide bonds. The van der Waals surface area contributed by atoms with Crippen LogP contribution in [0.25, 0.3) is 0 Å². The summed E-state index contributed by atoms with van der Waals surface area (Å²) in [6.45, 7) is 3.98. The van der Waals surface area contributed by atoms with Crippen molar-refractivity contribution in [2.24, 2.45) is 10.1 Å². The van der Waals surface area contributed by atoms with E-state index >= 15 is 0 Å². The van der Waals surface area contributed by atoms with Gasteiger partial charge in [-0.05, 0) is 31.1 Å². The minimum Gasteiger partial charge on any atom is -0.252 e. The largest absolute Gasteiger partial charge is 0.252 e. The van der Waals surface area contributed by atoms with Gasteiger partial charge in [0.25, 0.3) is 0 Å². The van der Waals surface area contributed by atoms with Gasteiger partial charge < -0.3 is 0 Å². The molecule has 16 heavy (non-hydrogen) atoms. The minimum atomic E-state index is 0.372. The van der Waals surface area contributed by atoms with Crippen LogP contribution in [0, 0.1) is 0 Å². The van der Waals surface area contributed by atoms with Crippen LogP contribution in [0.2, 0.25) is 0 Å². The van der Waals surface area contributed by atoms with Crippen LogP contribution >= 0.6 is 12.2 Å². The Bertz CT molecular complexity index is 396. The van der Waals surface area contributed by atoms with Gasteiger partial charge in [-0.25, -0.2) is 4.99 Å². The minimum absolute atomic E-state index is 0.372. The smallest absolute Gasteiger partial charge is 0.213 e. The summed E-state index contributed by atoms with van der Waals surface area (Å²) in [5, 5.41) is 4.44. The molecular weight excluding hydrogens is 218 g/mol. The second-order valence-corrected chi connectivity index (χ2v) is 3.67. The van der Waals surface area contributed by atoms with Crippen molar-refractivity contribution in [1.29, 1.82) is 0 Å². The monoisotopic (exact) mass is 233 g/mol. The molecule has 0 saturated heterocycles. The zero-order valence-electron chi connectivity index (χ0n) is 9.47. The zero-order valence-corrected chi connectivity index (χ0v) is 10.3. The Morgan fingerprint density at radius 1 is 1.38 bits per heavy atom. The van der Waals surface area contributed by atoms with Gasteiger partial charge in [0.1, 0.15) is 0 Å². The molecule has 0 radical (unpaired) electrons. The maximum atomic E-state index is 5.00. The van der Waals surface area contributed by atoms with Gasteiger partial charge in [-0.3, -0.25) is 5.43 Å². The summed E-state index contributed by atoms with van der Waals surface area (Å²) in [4.78, 5) is 4.09. The number of aliphatic imine (C=N–C) groups is 1. The van der Waals surface area contributed by atoms with Crippen molar-refractivity contribution in [2.75, 3.05) is 0 Å². The average molecular weight is 233 g/mol. The Balaban J connectivity index is 2.49. The topological polar surface area (TPSA) is 36.8 Å². The van der Waals surface area contributed by atoms with E-state index in [9.17, 15) is 0 Å². The van der Waals surface area contributed by atoms with Crippen LogP contribution < -0.4 is 5.43 Å². The van der Waals surface area contributed by atoms with Gasteiger partial charge in [0.05, 0.1) is 0 Å². The molecule has 0 saturated carbocycles. The fourth-order valence-electron chi connectivity index (χ4n) is 0.923. The number of hydrazone groups is 1. The molecule has 1 aromatic rings. The van der Waals surface area contributed by atoms with E-state index in [2.05, 4.69) is 15.5 Å². The van der Waals surface area contributed by atoms with Gasteiger partial charge in [0, 0.05) is 11.9 Å². The summed E-state index contributed by atoms with van der Waals surface area (Å²) < 4.78 is 0. The van der Waals surface area contributed by atoms with Crippen molar-refractivity contribution in [3.05, 3.63) is 35.9 Å². The number of rotatable bonds is 3.